The lowest BCUT2D eigenvalue weighted by Gasteiger charge is -2.28. The van der Waals surface area contributed by atoms with Crippen LogP contribution in [0.4, 0.5) is 0 Å². The molecule has 2 unspecified atom stereocenters. The molecule has 0 aromatic heterocycles. The van der Waals surface area contributed by atoms with E-state index in [1.807, 2.05) is 6.92 Å². The predicted octanol–water partition coefficient (Wildman–Crippen LogP) is 1.01. The Bertz CT molecular complexity index is 207. The van der Waals surface area contributed by atoms with Gasteiger partial charge in [0, 0.05) is 12.6 Å². The molecular weight excluding hydrogens is 166 g/mol. The molecule has 0 aromatic rings. The smallest absolute Gasteiger partial charge is 0.254 e. The molecule has 0 saturated carbocycles. The third kappa shape index (κ3) is 2.21. The molecule has 0 bridgehead atoms. The van der Waals surface area contributed by atoms with Crippen molar-refractivity contribution in [2.24, 2.45) is 5.92 Å². The maximum atomic E-state index is 11.7. The van der Waals surface area contributed by atoms with E-state index in [1.54, 1.807) is 18.7 Å². The van der Waals surface area contributed by atoms with Crippen molar-refractivity contribution in [3.8, 4) is 0 Å². The van der Waals surface area contributed by atoms with Gasteiger partial charge in [-0.15, -0.1) is 0 Å². The summed E-state index contributed by atoms with van der Waals surface area (Å²) in [6, 6.07) is 0.272. The van der Waals surface area contributed by atoms with Crippen LogP contribution in [0.25, 0.3) is 0 Å². The van der Waals surface area contributed by atoms with Gasteiger partial charge in [0.1, 0.15) is 5.60 Å². The van der Waals surface area contributed by atoms with Crippen molar-refractivity contribution in [2.75, 3.05) is 6.54 Å². The summed E-state index contributed by atoms with van der Waals surface area (Å²) < 4.78 is 0. The Labute approximate surface area is 79.7 Å². The molecule has 13 heavy (non-hydrogen) atoms. The third-order valence-electron chi connectivity index (χ3n) is 2.57. The van der Waals surface area contributed by atoms with Gasteiger partial charge in [0.25, 0.3) is 5.91 Å². The van der Waals surface area contributed by atoms with Crippen LogP contribution in [0.5, 0.6) is 0 Å². The van der Waals surface area contributed by atoms with Gasteiger partial charge in [0.2, 0.25) is 0 Å². The summed E-state index contributed by atoms with van der Waals surface area (Å²) in [5.74, 6) is 0.408. The van der Waals surface area contributed by atoms with Crippen LogP contribution in [-0.2, 0) is 4.79 Å². The first-order valence-corrected chi connectivity index (χ1v) is 4.86. The summed E-state index contributed by atoms with van der Waals surface area (Å²) in [5.41, 5.74) is -1.22. The van der Waals surface area contributed by atoms with Crippen molar-refractivity contribution in [3.05, 3.63) is 0 Å². The summed E-state index contributed by atoms with van der Waals surface area (Å²) in [5, 5.41) is 9.56. The predicted molar refractivity (Wildman–Crippen MR) is 51.3 cm³/mol. The summed E-state index contributed by atoms with van der Waals surface area (Å²) >= 11 is 0. The van der Waals surface area contributed by atoms with E-state index in [4.69, 9.17) is 0 Å². The highest BCUT2D eigenvalue weighted by Gasteiger charge is 2.36. The lowest BCUT2D eigenvalue weighted by Crippen LogP contribution is -2.46. The zero-order valence-corrected chi connectivity index (χ0v) is 8.87. The Hall–Kier alpha value is -0.570. The molecule has 1 fully saturated rings. The van der Waals surface area contributed by atoms with E-state index in [-0.39, 0.29) is 11.9 Å². The Morgan fingerprint density at radius 1 is 1.46 bits per heavy atom. The number of carbonyl (C=O) groups excluding carboxylic acids is 1. The SMILES string of the molecule is CC1CC(C)N(C(=O)C(C)(C)O)C1. The van der Waals surface area contributed by atoms with Crippen LogP contribution >= 0.6 is 0 Å². The van der Waals surface area contributed by atoms with Crippen LogP contribution in [0.2, 0.25) is 0 Å². The van der Waals surface area contributed by atoms with E-state index in [9.17, 15) is 9.90 Å². The Kier molecular flexibility index (Phi) is 2.66. The van der Waals surface area contributed by atoms with Crippen molar-refractivity contribution in [2.45, 2.75) is 45.8 Å². The second-order valence-corrected chi connectivity index (χ2v) is 4.71. The second kappa shape index (κ2) is 3.29. The van der Waals surface area contributed by atoms with Gasteiger partial charge in [-0.3, -0.25) is 4.79 Å². The van der Waals surface area contributed by atoms with Crippen molar-refractivity contribution in [1.82, 2.24) is 4.90 Å². The average molecular weight is 185 g/mol. The fraction of sp³-hybridized carbons (Fsp3) is 0.900. The average Bonchev–Trinajstić information content (AvgIpc) is 2.26. The number of nitrogens with zero attached hydrogens (tertiary/aromatic N) is 1. The van der Waals surface area contributed by atoms with Gasteiger partial charge in [-0.1, -0.05) is 6.92 Å². The van der Waals surface area contributed by atoms with Crippen LogP contribution in [0.15, 0.2) is 0 Å². The molecule has 76 valence electrons. The van der Waals surface area contributed by atoms with Crippen molar-refractivity contribution in [3.63, 3.8) is 0 Å². The van der Waals surface area contributed by atoms with Crippen LogP contribution in [0, 0.1) is 5.92 Å². The lowest BCUT2D eigenvalue weighted by molar-refractivity contribution is -0.148. The molecule has 1 aliphatic heterocycles. The zero-order valence-electron chi connectivity index (χ0n) is 8.87. The Morgan fingerprint density at radius 2 is 2.00 bits per heavy atom. The van der Waals surface area contributed by atoms with E-state index < -0.39 is 5.60 Å². The quantitative estimate of drug-likeness (QED) is 0.662. The van der Waals surface area contributed by atoms with Crippen LogP contribution < -0.4 is 0 Å². The molecule has 0 aromatic carbocycles. The topological polar surface area (TPSA) is 40.5 Å². The van der Waals surface area contributed by atoms with Gasteiger partial charge < -0.3 is 10.0 Å². The molecular formula is C10H19NO2. The van der Waals surface area contributed by atoms with Gasteiger partial charge >= 0.3 is 0 Å². The highest BCUT2D eigenvalue weighted by atomic mass is 16.3. The van der Waals surface area contributed by atoms with E-state index >= 15 is 0 Å². The third-order valence-corrected chi connectivity index (χ3v) is 2.57. The first-order valence-electron chi connectivity index (χ1n) is 4.86. The highest BCUT2D eigenvalue weighted by Crippen LogP contribution is 2.24. The summed E-state index contributed by atoms with van der Waals surface area (Å²) in [6.07, 6.45) is 1.04. The molecule has 0 aliphatic carbocycles. The minimum Gasteiger partial charge on any atom is -0.381 e. The fourth-order valence-electron chi connectivity index (χ4n) is 1.93. The number of hydrogen-bond acceptors (Lipinski definition) is 2. The Balaban J connectivity index is 2.68. The molecule has 1 N–H and O–H groups in total. The normalized spacial score (nSPS) is 29.5. The van der Waals surface area contributed by atoms with E-state index in [0.29, 0.717) is 5.92 Å². The number of likely N-dealkylation sites (tertiary alicyclic amines) is 1. The standard InChI is InChI=1S/C10H19NO2/c1-7-5-8(2)11(6-7)9(12)10(3,4)13/h7-8,13H,5-6H2,1-4H3. The number of rotatable bonds is 1. The minimum absolute atomic E-state index is 0.149. The van der Waals surface area contributed by atoms with Crippen molar-refractivity contribution < 1.29 is 9.90 Å². The first kappa shape index (κ1) is 10.5. The first-order chi connectivity index (χ1) is 5.82. The Morgan fingerprint density at radius 3 is 2.31 bits per heavy atom. The number of carbonyl (C=O) groups is 1. The van der Waals surface area contributed by atoms with Crippen molar-refractivity contribution in [1.29, 1.82) is 0 Å². The van der Waals surface area contributed by atoms with Gasteiger partial charge in [0.15, 0.2) is 0 Å². The molecule has 2 atom stereocenters. The largest absolute Gasteiger partial charge is 0.381 e. The molecule has 0 radical (unpaired) electrons. The van der Waals surface area contributed by atoms with Gasteiger partial charge in [-0.25, -0.2) is 0 Å². The van der Waals surface area contributed by atoms with Crippen LogP contribution in [0.3, 0.4) is 0 Å². The summed E-state index contributed by atoms with van der Waals surface area (Å²) in [6.45, 7) is 8.04. The molecule has 3 heteroatoms. The molecule has 1 rings (SSSR count). The fourth-order valence-corrected chi connectivity index (χ4v) is 1.93. The minimum atomic E-state index is -1.22. The van der Waals surface area contributed by atoms with Gasteiger partial charge in [-0.2, -0.15) is 0 Å². The molecule has 0 spiro atoms. The van der Waals surface area contributed by atoms with Crippen LogP contribution in [0.1, 0.15) is 34.1 Å². The van der Waals surface area contributed by atoms with Crippen molar-refractivity contribution >= 4 is 5.91 Å². The molecule has 1 saturated heterocycles. The summed E-state index contributed by atoms with van der Waals surface area (Å²) in [7, 11) is 0. The maximum absolute atomic E-state index is 11.7. The molecule has 1 aliphatic rings. The second-order valence-electron chi connectivity index (χ2n) is 4.71. The van der Waals surface area contributed by atoms with E-state index in [2.05, 4.69) is 6.92 Å². The van der Waals surface area contributed by atoms with E-state index in [0.717, 1.165) is 13.0 Å². The molecule has 1 amide bonds. The summed E-state index contributed by atoms with van der Waals surface area (Å²) in [4.78, 5) is 13.5. The molecule has 3 nitrogen and oxygen atoms in total. The van der Waals surface area contributed by atoms with E-state index in [1.165, 1.54) is 0 Å². The number of aliphatic hydroxyl groups is 1. The number of amides is 1. The number of hydrogen-bond donors (Lipinski definition) is 1. The zero-order chi connectivity index (χ0) is 10.2. The van der Waals surface area contributed by atoms with Gasteiger partial charge in [0.05, 0.1) is 0 Å². The monoisotopic (exact) mass is 185 g/mol. The maximum Gasteiger partial charge on any atom is 0.254 e. The lowest BCUT2D eigenvalue weighted by atomic mass is 10.1. The van der Waals surface area contributed by atoms with Gasteiger partial charge in [-0.05, 0) is 33.1 Å². The molecule has 1 heterocycles. The highest BCUT2D eigenvalue weighted by molar-refractivity contribution is 5.84. The van der Waals surface area contributed by atoms with Crippen LogP contribution in [-0.4, -0.2) is 34.1 Å².